The lowest BCUT2D eigenvalue weighted by atomic mass is 10.1. The van der Waals surface area contributed by atoms with E-state index >= 15 is 0 Å². The Hall–Kier alpha value is -3.38. The summed E-state index contributed by atoms with van der Waals surface area (Å²) in [5, 5.41) is 14.0. The second-order valence-electron chi connectivity index (χ2n) is 5.73. The third-order valence-electron chi connectivity index (χ3n) is 3.98. The van der Waals surface area contributed by atoms with Gasteiger partial charge in [0.15, 0.2) is 23.2 Å². The first-order valence-electron chi connectivity index (χ1n) is 8.93. The van der Waals surface area contributed by atoms with Crippen molar-refractivity contribution in [3.63, 3.8) is 0 Å². The number of rotatable bonds is 9. The van der Waals surface area contributed by atoms with Crippen LogP contribution in [0.1, 0.15) is 19.4 Å². The molecule has 9 heteroatoms. The van der Waals surface area contributed by atoms with Gasteiger partial charge in [-0.1, -0.05) is 6.07 Å². The normalized spacial score (nSPS) is 10.8. The van der Waals surface area contributed by atoms with E-state index in [-0.39, 0.29) is 18.1 Å². The van der Waals surface area contributed by atoms with Crippen molar-refractivity contribution in [3.8, 4) is 17.6 Å². The van der Waals surface area contributed by atoms with E-state index in [9.17, 15) is 14.9 Å². The molecule has 0 aliphatic rings. The lowest BCUT2D eigenvalue weighted by molar-refractivity contribution is -0.133. The van der Waals surface area contributed by atoms with Gasteiger partial charge in [-0.15, -0.1) is 11.3 Å². The summed E-state index contributed by atoms with van der Waals surface area (Å²) in [6.45, 7) is 4.92. The lowest BCUT2D eigenvalue weighted by Gasteiger charge is -2.19. The maximum absolute atomic E-state index is 12.2. The van der Waals surface area contributed by atoms with Crippen LogP contribution < -0.4 is 14.8 Å². The molecule has 0 saturated heterocycles. The average Bonchev–Trinajstić information content (AvgIpc) is 3.24. The number of anilines is 1. The van der Waals surface area contributed by atoms with Crippen molar-refractivity contribution in [2.45, 2.75) is 13.8 Å². The molecule has 0 fully saturated rings. The molecule has 1 aromatic carbocycles. The van der Waals surface area contributed by atoms with Crippen LogP contribution in [0.5, 0.6) is 11.5 Å². The Morgan fingerprint density at radius 1 is 1.31 bits per heavy atom. The third kappa shape index (κ3) is 6.05. The number of nitrogens with zero attached hydrogens (tertiary/aromatic N) is 3. The number of carbonyl (C=O) groups is 2. The Labute approximate surface area is 173 Å². The van der Waals surface area contributed by atoms with E-state index in [1.807, 2.05) is 19.9 Å². The first kappa shape index (κ1) is 21.9. The van der Waals surface area contributed by atoms with Crippen molar-refractivity contribution >= 4 is 34.4 Å². The first-order valence-corrected chi connectivity index (χ1v) is 9.81. The quantitative estimate of drug-likeness (QED) is 0.500. The van der Waals surface area contributed by atoms with Gasteiger partial charge in [-0.05, 0) is 37.6 Å². The van der Waals surface area contributed by atoms with Crippen LogP contribution in [-0.4, -0.2) is 48.5 Å². The Morgan fingerprint density at radius 3 is 2.66 bits per heavy atom. The van der Waals surface area contributed by atoms with E-state index < -0.39 is 5.91 Å². The molecule has 0 unspecified atom stereocenters. The fourth-order valence-electron chi connectivity index (χ4n) is 2.47. The summed E-state index contributed by atoms with van der Waals surface area (Å²) < 4.78 is 10.9. The molecule has 0 atom stereocenters. The van der Waals surface area contributed by atoms with Crippen LogP contribution in [-0.2, 0) is 9.59 Å². The van der Waals surface area contributed by atoms with E-state index in [0.29, 0.717) is 35.3 Å². The zero-order valence-corrected chi connectivity index (χ0v) is 17.3. The van der Waals surface area contributed by atoms with Crippen molar-refractivity contribution in [1.29, 1.82) is 5.26 Å². The van der Waals surface area contributed by atoms with Crippen LogP contribution in [0.4, 0.5) is 5.13 Å². The van der Waals surface area contributed by atoms with E-state index in [4.69, 9.17) is 9.47 Å². The number of nitrogens with one attached hydrogen (secondary N) is 1. The molecule has 0 bridgehead atoms. The molecule has 2 rings (SSSR count). The highest BCUT2D eigenvalue weighted by atomic mass is 32.1. The predicted octanol–water partition coefficient (Wildman–Crippen LogP) is 2.94. The minimum absolute atomic E-state index is 0.0763. The number of aromatic nitrogens is 1. The van der Waals surface area contributed by atoms with Gasteiger partial charge in [-0.25, -0.2) is 4.98 Å². The first-order chi connectivity index (χ1) is 14.0. The van der Waals surface area contributed by atoms with Gasteiger partial charge >= 0.3 is 0 Å². The number of amides is 2. The van der Waals surface area contributed by atoms with Gasteiger partial charge in [0.25, 0.3) is 11.8 Å². The molecule has 0 saturated carbocycles. The Kier molecular flexibility index (Phi) is 8.18. The number of benzene rings is 1. The van der Waals surface area contributed by atoms with Crippen molar-refractivity contribution in [3.05, 3.63) is 40.9 Å². The number of hydrogen-bond donors (Lipinski definition) is 1. The molecular weight excluding hydrogens is 392 g/mol. The number of likely N-dealkylation sites (N-methyl/N-ethyl adjacent to an activating group) is 1. The molecule has 29 heavy (non-hydrogen) atoms. The number of carbonyl (C=O) groups excluding carboxylic acids is 2. The number of thiazole rings is 1. The molecule has 8 nitrogen and oxygen atoms in total. The van der Waals surface area contributed by atoms with Crippen molar-refractivity contribution < 1.29 is 19.1 Å². The Bertz CT molecular complexity index is 915. The summed E-state index contributed by atoms with van der Waals surface area (Å²) in [6.07, 6.45) is 3.00. The highest BCUT2D eigenvalue weighted by Crippen LogP contribution is 2.29. The molecule has 1 aromatic heterocycles. The van der Waals surface area contributed by atoms with Gasteiger partial charge in [-0.3, -0.25) is 14.9 Å². The van der Waals surface area contributed by atoms with Gasteiger partial charge in [-0.2, -0.15) is 5.26 Å². The highest BCUT2D eigenvalue weighted by molar-refractivity contribution is 7.13. The molecule has 152 valence electrons. The summed E-state index contributed by atoms with van der Waals surface area (Å²) in [5.41, 5.74) is 0.503. The van der Waals surface area contributed by atoms with Crippen LogP contribution in [0.25, 0.3) is 6.08 Å². The summed E-state index contributed by atoms with van der Waals surface area (Å²) in [5.74, 6) is 0.123. The monoisotopic (exact) mass is 414 g/mol. The smallest absolute Gasteiger partial charge is 0.268 e. The zero-order chi connectivity index (χ0) is 21.2. The largest absolute Gasteiger partial charge is 0.493 e. The van der Waals surface area contributed by atoms with Crippen LogP contribution in [0.3, 0.4) is 0 Å². The Morgan fingerprint density at radius 2 is 2.07 bits per heavy atom. The van der Waals surface area contributed by atoms with Crippen LogP contribution in [0.15, 0.2) is 35.3 Å². The van der Waals surface area contributed by atoms with E-state index in [2.05, 4.69) is 10.3 Å². The number of methoxy groups -OCH3 is 1. The summed E-state index contributed by atoms with van der Waals surface area (Å²) in [4.78, 5) is 30.0. The van der Waals surface area contributed by atoms with Crippen LogP contribution in [0.2, 0.25) is 0 Å². The Balaban J connectivity index is 2.14. The molecule has 0 aliphatic heterocycles. The van der Waals surface area contributed by atoms with Crippen molar-refractivity contribution in [2.75, 3.05) is 32.1 Å². The van der Waals surface area contributed by atoms with E-state index in [1.54, 1.807) is 34.7 Å². The molecule has 0 radical (unpaired) electrons. The minimum atomic E-state index is -0.549. The molecule has 1 heterocycles. The number of hydrogen-bond acceptors (Lipinski definition) is 7. The maximum Gasteiger partial charge on any atom is 0.268 e. The van der Waals surface area contributed by atoms with Gasteiger partial charge in [0, 0.05) is 24.7 Å². The summed E-state index contributed by atoms with van der Waals surface area (Å²) in [7, 11) is 1.47. The molecule has 2 amide bonds. The fraction of sp³-hybridized carbons (Fsp3) is 0.300. The van der Waals surface area contributed by atoms with Gasteiger partial charge in [0.05, 0.1) is 7.11 Å². The summed E-state index contributed by atoms with van der Waals surface area (Å²) in [6, 6.07) is 6.82. The third-order valence-corrected chi connectivity index (χ3v) is 4.67. The topological polar surface area (TPSA) is 105 Å². The van der Waals surface area contributed by atoms with Gasteiger partial charge in [0.2, 0.25) is 0 Å². The standard InChI is InChI=1S/C20H22N4O4S/c1-4-24(5-2)18(25)13-28-16-7-6-14(11-17(16)27-3)10-15(12-21)19(26)23-20-22-8-9-29-20/h6-11H,4-5,13H2,1-3H3,(H,22,23,26). The van der Waals surface area contributed by atoms with Gasteiger partial charge < -0.3 is 14.4 Å². The van der Waals surface area contributed by atoms with Crippen molar-refractivity contribution in [1.82, 2.24) is 9.88 Å². The van der Waals surface area contributed by atoms with Gasteiger partial charge in [0.1, 0.15) is 11.6 Å². The number of nitriles is 1. The average molecular weight is 414 g/mol. The lowest BCUT2D eigenvalue weighted by Crippen LogP contribution is -2.34. The molecule has 0 spiro atoms. The second-order valence-corrected chi connectivity index (χ2v) is 6.62. The zero-order valence-electron chi connectivity index (χ0n) is 16.5. The summed E-state index contributed by atoms with van der Waals surface area (Å²) >= 11 is 1.26. The maximum atomic E-state index is 12.2. The minimum Gasteiger partial charge on any atom is -0.493 e. The fourth-order valence-corrected chi connectivity index (χ4v) is 2.99. The predicted molar refractivity (Wildman–Crippen MR) is 111 cm³/mol. The van der Waals surface area contributed by atoms with Crippen LogP contribution >= 0.6 is 11.3 Å². The molecule has 1 N–H and O–H groups in total. The number of ether oxygens (including phenoxy) is 2. The molecule has 2 aromatic rings. The van der Waals surface area contributed by atoms with E-state index in [0.717, 1.165) is 0 Å². The SMILES string of the molecule is CCN(CC)C(=O)COc1ccc(C=C(C#N)C(=O)Nc2nccs2)cc1OC. The molecular formula is C20H22N4O4S. The van der Waals surface area contributed by atoms with Crippen molar-refractivity contribution in [2.24, 2.45) is 0 Å². The second kappa shape index (κ2) is 10.8. The molecule has 0 aliphatic carbocycles. The van der Waals surface area contributed by atoms with Crippen LogP contribution in [0, 0.1) is 11.3 Å². The van der Waals surface area contributed by atoms with E-state index in [1.165, 1.54) is 24.5 Å². The highest BCUT2D eigenvalue weighted by Gasteiger charge is 2.14.